The van der Waals surface area contributed by atoms with Gasteiger partial charge in [0.05, 0.1) is 0 Å². The van der Waals surface area contributed by atoms with Gasteiger partial charge in [-0.3, -0.25) is 9.59 Å². The number of aromatic amines is 1. The van der Waals surface area contributed by atoms with E-state index in [0.717, 1.165) is 17.8 Å². The second kappa shape index (κ2) is 4.23. The summed E-state index contributed by atoms with van der Waals surface area (Å²) in [5.74, 6) is -0.215. The lowest BCUT2D eigenvalue weighted by Crippen LogP contribution is -2.32. The maximum atomic E-state index is 11.4. The minimum Gasteiger partial charge on any atom is -0.348 e. The smallest absolute Gasteiger partial charge is 0.305 e. The molecule has 13 heavy (non-hydrogen) atoms. The van der Waals surface area contributed by atoms with Gasteiger partial charge in [0.25, 0.3) is 5.91 Å². The molecule has 0 fully saturated rings. The summed E-state index contributed by atoms with van der Waals surface area (Å²) in [4.78, 5) is 24.3. The monoisotopic (exact) mass is 200 g/mol. The lowest BCUT2D eigenvalue weighted by molar-refractivity contribution is 0.0935. The molecule has 0 aromatic carbocycles. The average Bonchev–Trinajstić information content (AvgIpc) is 2.51. The quantitative estimate of drug-likeness (QED) is 0.763. The lowest BCUT2D eigenvalue weighted by Gasteiger charge is -2.09. The molecule has 4 nitrogen and oxygen atoms in total. The van der Waals surface area contributed by atoms with Gasteiger partial charge in [-0.25, -0.2) is 0 Å². The first kappa shape index (κ1) is 9.98. The van der Waals surface area contributed by atoms with Crippen molar-refractivity contribution < 1.29 is 4.79 Å². The number of hydrogen-bond donors (Lipinski definition) is 2. The number of amides is 1. The van der Waals surface area contributed by atoms with Gasteiger partial charge >= 0.3 is 4.87 Å². The minimum atomic E-state index is -0.215. The Balaban J connectivity index is 2.64. The summed E-state index contributed by atoms with van der Waals surface area (Å²) < 4.78 is 0. The van der Waals surface area contributed by atoms with E-state index in [1.54, 1.807) is 0 Å². The molecule has 0 saturated heterocycles. The second-order valence-corrected chi connectivity index (χ2v) is 3.69. The highest BCUT2D eigenvalue weighted by Gasteiger charge is 2.09. The molecule has 0 aliphatic heterocycles. The van der Waals surface area contributed by atoms with Crippen LogP contribution in [0.25, 0.3) is 0 Å². The molecule has 1 heterocycles. The SMILES string of the molecule is CCC(C)NC(=O)c1csc(=O)[nH]1. The molecule has 0 radical (unpaired) electrons. The van der Waals surface area contributed by atoms with Crippen molar-refractivity contribution in [3.8, 4) is 0 Å². The molecule has 0 aliphatic carbocycles. The van der Waals surface area contributed by atoms with Gasteiger partial charge < -0.3 is 10.3 Å². The average molecular weight is 200 g/mol. The maximum Gasteiger partial charge on any atom is 0.305 e. The molecule has 0 aliphatic rings. The molecular formula is C8H12N2O2S. The van der Waals surface area contributed by atoms with Gasteiger partial charge in [-0.05, 0) is 13.3 Å². The Morgan fingerprint density at radius 2 is 2.46 bits per heavy atom. The highest BCUT2D eigenvalue weighted by Crippen LogP contribution is 1.97. The lowest BCUT2D eigenvalue weighted by atomic mass is 10.2. The Morgan fingerprint density at radius 1 is 1.77 bits per heavy atom. The van der Waals surface area contributed by atoms with E-state index in [-0.39, 0.29) is 16.8 Å². The zero-order valence-electron chi connectivity index (χ0n) is 7.59. The maximum absolute atomic E-state index is 11.4. The summed E-state index contributed by atoms with van der Waals surface area (Å²) in [6.45, 7) is 3.91. The van der Waals surface area contributed by atoms with Gasteiger partial charge in [-0.2, -0.15) is 0 Å². The highest BCUT2D eigenvalue weighted by molar-refractivity contribution is 7.07. The molecule has 0 spiro atoms. The Kier molecular flexibility index (Phi) is 3.25. The predicted octanol–water partition coefficient (Wildman–Crippen LogP) is 0.965. The standard InChI is InChI=1S/C8H12N2O2S/c1-3-5(2)9-7(11)6-4-13-8(12)10-6/h4-5H,3H2,1-2H3,(H,9,11)(H,10,12). The van der Waals surface area contributed by atoms with Gasteiger partial charge in [0.15, 0.2) is 0 Å². The number of H-pyrrole nitrogens is 1. The third-order valence-corrected chi connectivity index (χ3v) is 2.42. The van der Waals surface area contributed by atoms with Crippen LogP contribution in [-0.2, 0) is 0 Å². The number of nitrogens with one attached hydrogen (secondary N) is 2. The number of hydrogen-bond acceptors (Lipinski definition) is 3. The zero-order valence-corrected chi connectivity index (χ0v) is 8.40. The molecule has 0 saturated carbocycles. The van der Waals surface area contributed by atoms with Gasteiger partial charge in [0.2, 0.25) is 0 Å². The van der Waals surface area contributed by atoms with Crippen molar-refractivity contribution in [2.75, 3.05) is 0 Å². The van der Waals surface area contributed by atoms with E-state index in [4.69, 9.17) is 0 Å². The fourth-order valence-corrected chi connectivity index (χ4v) is 1.35. The van der Waals surface area contributed by atoms with Crippen LogP contribution in [0.2, 0.25) is 0 Å². The Labute approximate surface area is 80.0 Å². The Bertz CT molecular complexity index is 342. The molecule has 72 valence electrons. The fourth-order valence-electron chi connectivity index (χ4n) is 0.795. The number of thiazole rings is 1. The molecule has 1 unspecified atom stereocenters. The van der Waals surface area contributed by atoms with Crippen molar-refractivity contribution in [2.45, 2.75) is 26.3 Å². The van der Waals surface area contributed by atoms with E-state index < -0.39 is 0 Å². The molecule has 1 atom stereocenters. The highest BCUT2D eigenvalue weighted by atomic mass is 32.1. The second-order valence-electron chi connectivity index (χ2n) is 2.84. The summed E-state index contributed by atoms with van der Waals surface area (Å²) in [5.41, 5.74) is 0.343. The van der Waals surface area contributed by atoms with Crippen LogP contribution in [0.3, 0.4) is 0 Å². The Morgan fingerprint density at radius 3 is 2.92 bits per heavy atom. The van der Waals surface area contributed by atoms with E-state index in [1.165, 1.54) is 5.38 Å². The number of carbonyl (C=O) groups excluding carboxylic acids is 1. The van der Waals surface area contributed by atoms with Crippen molar-refractivity contribution >= 4 is 17.2 Å². The van der Waals surface area contributed by atoms with E-state index in [0.29, 0.717) is 5.69 Å². The first-order chi connectivity index (χ1) is 6.13. The van der Waals surface area contributed by atoms with E-state index in [2.05, 4.69) is 10.3 Å². The van der Waals surface area contributed by atoms with Gasteiger partial charge in [-0.1, -0.05) is 18.3 Å². The largest absolute Gasteiger partial charge is 0.348 e. The first-order valence-electron chi connectivity index (χ1n) is 4.12. The van der Waals surface area contributed by atoms with E-state index >= 15 is 0 Å². The van der Waals surface area contributed by atoms with E-state index in [1.807, 2.05) is 13.8 Å². The summed E-state index contributed by atoms with van der Waals surface area (Å²) in [6, 6.07) is 0.135. The van der Waals surface area contributed by atoms with Crippen molar-refractivity contribution in [3.05, 3.63) is 20.7 Å². The molecule has 1 amide bonds. The van der Waals surface area contributed by atoms with Crippen molar-refractivity contribution in [3.63, 3.8) is 0 Å². The molecule has 0 bridgehead atoms. The normalized spacial score (nSPS) is 12.5. The van der Waals surface area contributed by atoms with Crippen LogP contribution in [0.5, 0.6) is 0 Å². The molecule has 1 rings (SSSR count). The van der Waals surface area contributed by atoms with Crippen LogP contribution in [0.15, 0.2) is 10.2 Å². The van der Waals surface area contributed by atoms with Crippen molar-refractivity contribution in [1.82, 2.24) is 10.3 Å². The number of rotatable bonds is 3. The van der Waals surface area contributed by atoms with Crippen LogP contribution < -0.4 is 10.2 Å². The predicted molar refractivity (Wildman–Crippen MR) is 52.2 cm³/mol. The van der Waals surface area contributed by atoms with Gasteiger partial charge in [-0.15, -0.1) is 0 Å². The third-order valence-electron chi connectivity index (χ3n) is 1.76. The van der Waals surface area contributed by atoms with Crippen molar-refractivity contribution in [1.29, 1.82) is 0 Å². The molecule has 1 aromatic heterocycles. The molecule has 1 aromatic rings. The first-order valence-corrected chi connectivity index (χ1v) is 5.00. The Hall–Kier alpha value is -1.10. The topological polar surface area (TPSA) is 62.0 Å². The van der Waals surface area contributed by atoms with Crippen LogP contribution in [0.1, 0.15) is 30.8 Å². The van der Waals surface area contributed by atoms with Crippen molar-refractivity contribution in [2.24, 2.45) is 0 Å². The van der Waals surface area contributed by atoms with Gasteiger partial charge in [0, 0.05) is 11.4 Å². The summed E-state index contributed by atoms with van der Waals surface area (Å²) in [7, 11) is 0. The molecule has 2 N–H and O–H groups in total. The molecular weight excluding hydrogens is 188 g/mol. The summed E-state index contributed by atoms with van der Waals surface area (Å²) in [6.07, 6.45) is 0.875. The van der Waals surface area contributed by atoms with Crippen LogP contribution in [0.4, 0.5) is 0 Å². The zero-order chi connectivity index (χ0) is 9.84. The summed E-state index contributed by atoms with van der Waals surface area (Å²) >= 11 is 0.995. The van der Waals surface area contributed by atoms with Crippen LogP contribution >= 0.6 is 11.3 Å². The number of carbonyl (C=O) groups is 1. The summed E-state index contributed by atoms with van der Waals surface area (Å²) in [5, 5.41) is 4.28. The van der Waals surface area contributed by atoms with Gasteiger partial charge in [0.1, 0.15) is 5.69 Å². The van der Waals surface area contributed by atoms with Crippen LogP contribution in [0, 0.1) is 0 Å². The fraction of sp³-hybridized carbons (Fsp3) is 0.500. The third kappa shape index (κ3) is 2.69. The minimum absolute atomic E-state index is 0.135. The number of aromatic nitrogens is 1. The van der Waals surface area contributed by atoms with E-state index in [9.17, 15) is 9.59 Å². The molecule has 5 heteroatoms. The van der Waals surface area contributed by atoms with Crippen LogP contribution in [-0.4, -0.2) is 16.9 Å².